The number of benzene rings is 2. The number of amides is 1. The minimum Gasteiger partial charge on any atom is -0.451 e. The highest BCUT2D eigenvalue weighted by atomic mass is 32.2. The Balaban J connectivity index is 1.66. The fraction of sp³-hybridized carbons (Fsp3) is 0.250. The topological polar surface area (TPSA) is 88.4 Å². The van der Waals surface area contributed by atoms with E-state index in [1.165, 1.54) is 6.07 Å². The maximum Gasteiger partial charge on any atom is 0.287 e. The van der Waals surface area contributed by atoms with Crippen molar-refractivity contribution in [2.75, 3.05) is 4.72 Å². The van der Waals surface area contributed by atoms with Crippen LogP contribution in [-0.4, -0.2) is 20.4 Å². The highest BCUT2D eigenvalue weighted by Gasteiger charge is 2.27. The summed E-state index contributed by atoms with van der Waals surface area (Å²) in [6, 6.07) is 11.9. The third-order valence-corrected chi connectivity index (χ3v) is 6.02. The molecule has 1 saturated carbocycles. The monoisotopic (exact) mass is 384 g/mol. The van der Waals surface area contributed by atoms with Crippen LogP contribution in [0.2, 0.25) is 0 Å². The number of anilines is 1. The third kappa shape index (κ3) is 3.55. The van der Waals surface area contributed by atoms with Crippen LogP contribution in [-0.2, 0) is 10.0 Å². The first kappa shape index (κ1) is 17.6. The van der Waals surface area contributed by atoms with Crippen molar-refractivity contribution >= 4 is 32.6 Å². The standard InChI is InChI=1S/C20H20N2O4S/c1-12-3-5-15(6-4-12)22-27(24,25)16-9-10-18-17(11-16)13(2)19(26-18)20(23)21-14-7-8-14/h3-6,9-11,14,22H,7-8H2,1-2H3,(H,21,23). The fourth-order valence-electron chi connectivity index (χ4n) is 2.90. The molecule has 2 N–H and O–H groups in total. The Morgan fingerprint density at radius 3 is 2.44 bits per heavy atom. The van der Waals surface area contributed by atoms with Gasteiger partial charge in [-0.3, -0.25) is 9.52 Å². The second kappa shape index (κ2) is 6.42. The molecule has 3 aromatic rings. The van der Waals surface area contributed by atoms with Gasteiger partial charge in [-0.2, -0.15) is 0 Å². The SMILES string of the molecule is Cc1ccc(NS(=O)(=O)c2ccc3oc(C(=O)NC4CC4)c(C)c3c2)cc1. The van der Waals surface area contributed by atoms with Crippen LogP contribution in [0.1, 0.15) is 34.5 Å². The molecule has 1 amide bonds. The Morgan fingerprint density at radius 2 is 1.78 bits per heavy atom. The molecule has 7 heteroatoms. The molecule has 6 nitrogen and oxygen atoms in total. The molecule has 0 atom stereocenters. The summed E-state index contributed by atoms with van der Waals surface area (Å²) in [6.07, 6.45) is 1.97. The summed E-state index contributed by atoms with van der Waals surface area (Å²) in [6.45, 7) is 3.70. The Morgan fingerprint density at radius 1 is 1.07 bits per heavy atom. The molecule has 0 saturated heterocycles. The molecular formula is C20H20N2O4S. The van der Waals surface area contributed by atoms with E-state index in [-0.39, 0.29) is 22.6 Å². The van der Waals surface area contributed by atoms with Crippen LogP contribution >= 0.6 is 0 Å². The van der Waals surface area contributed by atoms with Crippen molar-refractivity contribution in [3.05, 3.63) is 59.4 Å². The predicted octanol–water partition coefficient (Wildman–Crippen LogP) is 3.74. The summed E-state index contributed by atoms with van der Waals surface area (Å²) < 4.78 is 33.7. The minimum atomic E-state index is -3.75. The Bertz CT molecular complexity index is 1130. The van der Waals surface area contributed by atoms with Gasteiger partial charge < -0.3 is 9.73 Å². The van der Waals surface area contributed by atoms with Gasteiger partial charge in [0, 0.05) is 22.7 Å². The molecule has 1 aromatic heterocycles. The van der Waals surface area contributed by atoms with Crippen LogP contribution < -0.4 is 10.0 Å². The molecule has 27 heavy (non-hydrogen) atoms. The number of aryl methyl sites for hydroxylation is 2. The fourth-order valence-corrected chi connectivity index (χ4v) is 3.98. The average Bonchev–Trinajstić information content (AvgIpc) is 3.38. The maximum atomic E-state index is 12.7. The minimum absolute atomic E-state index is 0.119. The lowest BCUT2D eigenvalue weighted by molar-refractivity contribution is 0.0924. The molecule has 0 bridgehead atoms. The van der Waals surface area contributed by atoms with Crippen molar-refractivity contribution in [1.29, 1.82) is 0 Å². The molecule has 0 spiro atoms. The molecule has 0 unspecified atom stereocenters. The van der Waals surface area contributed by atoms with Crippen LogP contribution in [0, 0.1) is 13.8 Å². The normalized spacial score (nSPS) is 14.3. The molecule has 2 aromatic carbocycles. The first-order chi connectivity index (χ1) is 12.8. The third-order valence-electron chi connectivity index (χ3n) is 4.64. The van der Waals surface area contributed by atoms with E-state index in [4.69, 9.17) is 4.42 Å². The Kier molecular flexibility index (Phi) is 4.19. The van der Waals surface area contributed by atoms with E-state index in [2.05, 4.69) is 10.0 Å². The number of rotatable bonds is 5. The lowest BCUT2D eigenvalue weighted by Gasteiger charge is -2.08. The van der Waals surface area contributed by atoms with E-state index in [0.717, 1.165) is 18.4 Å². The van der Waals surface area contributed by atoms with Crippen LogP contribution in [0.25, 0.3) is 11.0 Å². The van der Waals surface area contributed by atoms with E-state index in [1.807, 2.05) is 19.1 Å². The number of carbonyl (C=O) groups excluding carboxylic acids is 1. The molecule has 1 aliphatic rings. The highest BCUT2D eigenvalue weighted by Crippen LogP contribution is 2.29. The first-order valence-corrected chi connectivity index (χ1v) is 10.3. The van der Waals surface area contributed by atoms with Crippen LogP contribution in [0.5, 0.6) is 0 Å². The van der Waals surface area contributed by atoms with Crippen molar-refractivity contribution in [3.8, 4) is 0 Å². The second-order valence-corrected chi connectivity index (χ2v) is 8.62. The number of nitrogens with one attached hydrogen (secondary N) is 2. The molecule has 1 fully saturated rings. The lowest BCUT2D eigenvalue weighted by atomic mass is 10.1. The van der Waals surface area contributed by atoms with Crippen LogP contribution in [0.15, 0.2) is 51.8 Å². The molecule has 4 rings (SSSR count). The molecule has 1 heterocycles. The molecule has 0 radical (unpaired) electrons. The zero-order valence-electron chi connectivity index (χ0n) is 15.1. The summed E-state index contributed by atoms with van der Waals surface area (Å²) in [5, 5.41) is 3.50. The van der Waals surface area contributed by atoms with E-state index >= 15 is 0 Å². The van der Waals surface area contributed by atoms with Gasteiger partial charge in [0.15, 0.2) is 5.76 Å². The van der Waals surface area contributed by atoms with Gasteiger partial charge >= 0.3 is 0 Å². The summed E-state index contributed by atoms with van der Waals surface area (Å²) in [5.41, 5.74) is 2.66. The molecular weight excluding hydrogens is 364 g/mol. The van der Waals surface area contributed by atoms with Crippen molar-refractivity contribution in [2.45, 2.75) is 37.6 Å². The van der Waals surface area contributed by atoms with Crippen molar-refractivity contribution < 1.29 is 17.6 Å². The zero-order valence-corrected chi connectivity index (χ0v) is 15.9. The summed E-state index contributed by atoms with van der Waals surface area (Å²) in [7, 11) is -3.75. The van der Waals surface area contributed by atoms with Crippen LogP contribution in [0.3, 0.4) is 0 Å². The van der Waals surface area contributed by atoms with Gasteiger partial charge in [0.1, 0.15) is 5.58 Å². The molecule has 1 aliphatic carbocycles. The van der Waals surface area contributed by atoms with Gasteiger partial charge in [-0.05, 0) is 57.0 Å². The maximum absolute atomic E-state index is 12.7. The first-order valence-electron chi connectivity index (χ1n) is 8.77. The van der Waals surface area contributed by atoms with Gasteiger partial charge in [-0.1, -0.05) is 17.7 Å². The Labute approximate surface area is 157 Å². The zero-order chi connectivity index (χ0) is 19.2. The number of hydrogen-bond donors (Lipinski definition) is 2. The van der Waals surface area contributed by atoms with Gasteiger partial charge in [-0.25, -0.2) is 8.42 Å². The van der Waals surface area contributed by atoms with Crippen molar-refractivity contribution in [3.63, 3.8) is 0 Å². The largest absolute Gasteiger partial charge is 0.451 e. The number of sulfonamides is 1. The highest BCUT2D eigenvalue weighted by molar-refractivity contribution is 7.92. The molecule has 140 valence electrons. The van der Waals surface area contributed by atoms with E-state index in [0.29, 0.717) is 22.2 Å². The van der Waals surface area contributed by atoms with Gasteiger partial charge in [0.25, 0.3) is 15.9 Å². The quantitative estimate of drug-likeness (QED) is 0.701. The number of fused-ring (bicyclic) bond motifs is 1. The van der Waals surface area contributed by atoms with Gasteiger partial charge in [0.2, 0.25) is 0 Å². The van der Waals surface area contributed by atoms with Gasteiger partial charge in [-0.15, -0.1) is 0 Å². The smallest absolute Gasteiger partial charge is 0.287 e. The second-order valence-electron chi connectivity index (χ2n) is 6.93. The number of furan rings is 1. The van der Waals surface area contributed by atoms with E-state index in [1.54, 1.807) is 31.2 Å². The number of hydrogen-bond acceptors (Lipinski definition) is 4. The summed E-state index contributed by atoms with van der Waals surface area (Å²) >= 11 is 0. The lowest BCUT2D eigenvalue weighted by Crippen LogP contribution is -2.25. The Hall–Kier alpha value is -2.80. The number of carbonyl (C=O) groups is 1. The average molecular weight is 384 g/mol. The van der Waals surface area contributed by atoms with E-state index < -0.39 is 10.0 Å². The van der Waals surface area contributed by atoms with Crippen molar-refractivity contribution in [2.24, 2.45) is 0 Å². The molecule has 0 aliphatic heterocycles. The van der Waals surface area contributed by atoms with Crippen LogP contribution in [0.4, 0.5) is 5.69 Å². The van der Waals surface area contributed by atoms with E-state index in [9.17, 15) is 13.2 Å². The summed E-state index contributed by atoms with van der Waals surface area (Å²) in [4.78, 5) is 12.4. The summed E-state index contributed by atoms with van der Waals surface area (Å²) in [5.74, 6) is -0.0219. The predicted molar refractivity (Wildman–Crippen MR) is 103 cm³/mol. The van der Waals surface area contributed by atoms with Crippen molar-refractivity contribution in [1.82, 2.24) is 5.32 Å². The van der Waals surface area contributed by atoms with Gasteiger partial charge in [0.05, 0.1) is 4.90 Å².